The van der Waals surface area contributed by atoms with E-state index in [0.29, 0.717) is 17.9 Å². The molecule has 3 aromatic rings. The van der Waals surface area contributed by atoms with Crippen molar-refractivity contribution in [1.29, 1.82) is 0 Å². The topological polar surface area (TPSA) is 97.8 Å². The van der Waals surface area contributed by atoms with Crippen molar-refractivity contribution in [1.82, 2.24) is 24.7 Å². The van der Waals surface area contributed by atoms with Crippen LogP contribution in [-0.2, 0) is 6.54 Å². The lowest BCUT2D eigenvalue weighted by Gasteiger charge is -2.27. The number of nitrogens with two attached hydrogens (primary N) is 1. The third-order valence-corrected chi connectivity index (χ3v) is 6.74. The zero-order chi connectivity index (χ0) is 21.2. The second-order valence-corrected chi connectivity index (χ2v) is 8.95. The summed E-state index contributed by atoms with van der Waals surface area (Å²) in [5.74, 6) is 2.26. The number of pyridine rings is 1. The van der Waals surface area contributed by atoms with Crippen LogP contribution < -0.4 is 16.0 Å². The van der Waals surface area contributed by atoms with Gasteiger partial charge in [0.1, 0.15) is 11.5 Å². The minimum absolute atomic E-state index is 0.351. The van der Waals surface area contributed by atoms with Crippen LogP contribution in [0.15, 0.2) is 24.5 Å². The maximum absolute atomic E-state index is 6.10. The average Bonchev–Trinajstić information content (AvgIpc) is 3.18. The Kier molecular flexibility index (Phi) is 5.72. The third kappa shape index (κ3) is 4.21. The van der Waals surface area contributed by atoms with Crippen LogP contribution >= 0.6 is 0 Å². The zero-order valence-corrected chi connectivity index (χ0v) is 18.3. The van der Waals surface area contributed by atoms with Crippen molar-refractivity contribution in [2.24, 2.45) is 11.7 Å². The molecule has 0 radical (unpaired) electrons. The number of nitrogens with zero attached hydrogens (tertiary/aromatic N) is 6. The molecule has 31 heavy (non-hydrogen) atoms. The molecule has 1 aliphatic carbocycles. The number of nitrogens with one attached hydrogen (secondary N) is 1. The normalized spacial score (nSPS) is 22.1. The third-order valence-electron chi connectivity index (χ3n) is 6.74. The molecule has 0 unspecified atom stereocenters. The van der Waals surface area contributed by atoms with Gasteiger partial charge < -0.3 is 16.0 Å². The Morgan fingerprint density at radius 2 is 1.84 bits per heavy atom. The maximum atomic E-state index is 6.10. The number of rotatable bonds is 5. The predicted molar refractivity (Wildman–Crippen MR) is 124 cm³/mol. The summed E-state index contributed by atoms with van der Waals surface area (Å²) in [7, 11) is 1.84. The summed E-state index contributed by atoms with van der Waals surface area (Å²) in [5, 5.41) is 9.01. The van der Waals surface area contributed by atoms with Crippen molar-refractivity contribution in [3.05, 3.63) is 24.5 Å². The van der Waals surface area contributed by atoms with Crippen LogP contribution in [0.25, 0.3) is 22.3 Å². The second-order valence-electron chi connectivity index (χ2n) is 8.95. The summed E-state index contributed by atoms with van der Waals surface area (Å²) in [6.45, 7) is 3.05. The van der Waals surface area contributed by atoms with Crippen molar-refractivity contribution >= 4 is 22.8 Å². The van der Waals surface area contributed by atoms with Gasteiger partial charge in [-0.3, -0.25) is 0 Å². The molecule has 0 atom stereocenters. The molecule has 0 spiro atoms. The lowest BCUT2D eigenvalue weighted by atomic mass is 9.86. The van der Waals surface area contributed by atoms with Crippen molar-refractivity contribution in [3.8, 4) is 11.3 Å². The van der Waals surface area contributed by atoms with Gasteiger partial charge in [0.2, 0.25) is 5.95 Å². The predicted octanol–water partition coefficient (Wildman–Crippen LogP) is 3.44. The smallest absolute Gasteiger partial charge is 0.224 e. The highest BCUT2D eigenvalue weighted by Gasteiger charge is 2.22. The van der Waals surface area contributed by atoms with Gasteiger partial charge in [-0.25, -0.2) is 14.6 Å². The van der Waals surface area contributed by atoms with E-state index < -0.39 is 0 Å². The molecule has 3 N–H and O–H groups in total. The minimum Gasteiger partial charge on any atom is -0.357 e. The van der Waals surface area contributed by atoms with Crippen LogP contribution in [0.1, 0.15) is 44.9 Å². The Hall–Kier alpha value is -2.74. The van der Waals surface area contributed by atoms with Crippen LogP contribution in [-0.4, -0.2) is 50.9 Å². The summed E-state index contributed by atoms with van der Waals surface area (Å²) >= 11 is 0. The van der Waals surface area contributed by atoms with Gasteiger partial charge in [0.15, 0.2) is 5.65 Å². The Balaban J connectivity index is 1.46. The highest BCUT2D eigenvalue weighted by molar-refractivity contribution is 5.91. The van der Waals surface area contributed by atoms with Gasteiger partial charge in [-0.05, 0) is 63.0 Å². The Bertz CT molecular complexity index is 1010. The van der Waals surface area contributed by atoms with E-state index >= 15 is 0 Å². The monoisotopic (exact) mass is 420 g/mol. The maximum Gasteiger partial charge on any atom is 0.224 e. The molecule has 8 nitrogen and oxygen atoms in total. The van der Waals surface area contributed by atoms with E-state index in [0.717, 1.165) is 73.4 Å². The molecule has 0 aromatic carbocycles. The molecular weight excluding hydrogens is 388 g/mol. The van der Waals surface area contributed by atoms with Crippen LogP contribution in [0.3, 0.4) is 0 Å². The Labute approximate surface area is 183 Å². The fourth-order valence-corrected chi connectivity index (χ4v) is 4.87. The molecule has 3 aromatic heterocycles. The lowest BCUT2D eigenvalue weighted by molar-refractivity contribution is 0.288. The lowest BCUT2D eigenvalue weighted by Crippen LogP contribution is -2.29. The van der Waals surface area contributed by atoms with E-state index in [4.69, 9.17) is 20.8 Å². The Morgan fingerprint density at radius 1 is 1.03 bits per heavy atom. The fraction of sp³-hybridized carbons (Fsp3) is 0.565. The van der Waals surface area contributed by atoms with Crippen molar-refractivity contribution in [2.45, 2.75) is 57.5 Å². The Morgan fingerprint density at radius 3 is 2.55 bits per heavy atom. The number of piperidine rings is 1. The fourth-order valence-electron chi connectivity index (χ4n) is 4.87. The van der Waals surface area contributed by atoms with E-state index in [-0.39, 0.29) is 0 Å². The molecule has 5 rings (SSSR count). The van der Waals surface area contributed by atoms with Crippen LogP contribution in [0.2, 0.25) is 0 Å². The second kappa shape index (κ2) is 8.78. The molecule has 1 saturated heterocycles. The van der Waals surface area contributed by atoms with Crippen LogP contribution in [0.4, 0.5) is 11.8 Å². The first-order chi connectivity index (χ1) is 15.2. The van der Waals surface area contributed by atoms with E-state index in [1.807, 2.05) is 19.4 Å². The zero-order valence-electron chi connectivity index (χ0n) is 18.3. The van der Waals surface area contributed by atoms with E-state index in [9.17, 15) is 0 Å². The summed E-state index contributed by atoms with van der Waals surface area (Å²) in [5.41, 5.74) is 8.90. The standard InChI is InChI=1S/C23H32N8/c1-25-23-27-14-19-21(17-7-10-20(26-13-17)30-11-3-2-4-12-30)29-31(22(19)28-23)15-16-5-8-18(24)9-6-16/h7,10,13-14,16,18H,2-6,8-9,11-12,15,24H2,1H3,(H,25,27,28). The number of aromatic nitrogens is 5. The molecule has 2 aliphatic rings. The number of fused-ring (bicyclic) bond motifs is 1. The summed E-state index contributed by atoms with van der Waals surface area (Å²) in [4.78, 5) is 16.3. The molecule has 0 amide bonds. The first-order valence-electron chi connectivity index (χ1n) is 11.6. The summed E-state index contributed by atoms with van der Waals surface area (Å²) < 4.78 is 2.06. The van der Waals surface area contributed by atoms with Crippen molar-refractivity contribution < 1.29 is 0 Å². The number of anilines is 2. The van der Waals surface area contributed by atoms with Gasteiger partial charge >= 0.3 is 0 Å². The molecular formula is C23H32N8. The summed E-state index contributed by atoms with van der Waals surface area (Å²) in [6, 6.07) is 4.61. The van der Waals surface area contributed by atoms with E-state index in [1.54, 1.807) is 0 Å². The molecule has 8 heteroatoms. The van der Waals surface area contributed by atoms with Gasteiger partial charge in [-0.1, -0.05) is 0 Å². The molecule has 164 valence electrons. The molecule has 4 heterocycles. The van der Waals surface area contributed by atoms with Gasteiger partial charge in [0.25, 0.3) is 0 Å². The van der Waals surface area contributed by atoms with E-state index in [1.165, 1.54) is 19.3 Å². The van der Waals surface area contributed by atoms with Crippen LogP contribution in [0.5, 0.6) is 0 Å². The summed E-state index contributed by atoms with van der Waals surface area (Å²) in [6.07, 6.45) is 12.1. The molecule has 1 saturated carbocycles. The largest absolute Gasteiger partial charge is 0.357 e. The van der Waals surface area contributed by atoms with Crippen molar-refractivity contribution in [3.63, 3.8) is 0 Å². The first kappa shape index (κ1) is 20.2. The van der Waals surface area contributed by atoms with Gasteiger partial charge in [0, 0.05) is 50.7 Å². The average molecular weight is 421 g/mol. The molecule has 0 bridgehead atoms. The van der Waals surface area contributed by atoms with Crippen molar-refractivity contribution in [2.75, 3.05) is 30.4 Å². The van der Waals surface area contributed by atoms with E-state index in [2.05, 4.69) is 32.0 Å². The number of hydrogen-bond acceptors (Lipinski definition) is 7. The molecule has 1 aliphatic heterocycles. The highest BCUT2D eigenvalue weighted by Crippen LogP contribution is 2.31. The van der Waals surface area contributed by atoms with Gasteiger partial charge in [0.05, 0.1) is 5.39 Å². The highest BCUT2D eigenvalue weighted by atomic mass is 15.3. The molecule has 2 fully saturated rings. The number of hydrogen-bond donors (Lipinski definition) is 2. The minimum atomic E-state index is 0.351. The SMILES string of the molecule is CNc1ncc2c(-c3ccc(N4CCCCC4)nc3)nn(CC3CCC(N)CC3)c2n1. The van der Waals surface area contributed by atoms with Gasteiger partial charge in [-0.2, -0.15) is 10.1 Å². The van der Waals surface area contributed by atoms with Gasteiger partial charge in [-0.15, -0.1) is 0 Å². The quantitative estimate of drug-likeness (QED) is 0.652. The first-order valence-corrected chi connectivity index (χ1v) is 11.6. The van der Waals surface area contributed by atoms with Crippen LogP contribution in [0, 0.1) is 5.92 Å².